The molecule has 0 aliphatic rings. The summed E-state index contributed by atoms with van der Waals surface area (Å²) in [6.45, 7) is 3.59. The molecule has 0 fully saturated rings. The Kier molecular flexibility index (Phi) is 6.57. The van der Waals surface area contributed by atoms with Crippen LogP contribution >= 0.6 is 23.2 Å². The molecule has 3 rings (SSSR count). The van der Waals surface area contributed by atoms with Crippen LogP contribution in [-0.4, -0.2) is 32.9 Å². The van der Waals surface area contributed by atoms with Gasteiger partial charge in [0.2, 0.25) is 5.43 Å². The molecule has 166 valence electrons. The molecule has 10 heteroatoms. The summed E-state index contributed by atoms with van der Waals surface area (Å²) in [6, 6.07) is 6.62. The van der Waals surface area contributed by atoms with Gasteiger partial charge < -0.3 is 20.5 Å². The number of halogens is 2. The molecule has 0 aliphatic heterocycles. The van der Waals surface area contributed by atoms with Crippen LogP contribution in [0.5, 0.6) is 0 Å². The van der Waals surface area contributed by atoms with Crippen molar-refractivity contribution in [2.24, 2.45) is 5.92 Å². The number of aromatic carboxylic acids is 2. The fourth-order valence-electron chi connectivity index (χ4n) is 3.31. The number of ketones is 1. The van der Waals surface area contributed by atoms with Crippen molar-refractivity contribution in [3.8, 4) is 0 Å². The first-order valence-electron chi connectivity index (χ1n) is 9.46. The molecular weight excluding hydrogens is 459 g/mol. The Morgan fingerprint density at radius 2 is 1.66 bits per heavy atom. The third-order valence-corrected chi connectivity index (χ3v) is 5.23. The summed E-state index contributed by atoms with van der Waals surface area (Å²) in [4.78, 5) is 52.6. The van der Waals surface area contributed by atoms with Crippen molar-refractivity contribution in [3.05, 3.63) is 67.3 Å². The Balaban J connectivity index is 2.41. The van der Waals surface area contributed by atoms with Gasteiger partial charge in [-0.05, 0) is 36.2 Å². The van der Waals surface area contributed by atoms with E-state index in [4.69, 9.17) is 23.2 Å². The van der Waals surface area contributed by atoms with Crippen molar-refractivity contribution in [1.29, 1.82) is 0 Å². The van der Waals surface area contributed by atoms with E-state index < -0.39 is 34.1 Å². The average molecular weight is 477 g/mol. The number of benzene rings is 2. The Labute approximate surface area is 191 Å². The summed E-state index contributed by atoms with van der Waals surface area (Å²) < 4.78 is 0. The molecule has 1 aromatic heterocycles. The molecule has 0 aliphatic carbocycles. The van der Waals surface area contributed by atoms with Gasteiger partial charge in [-0.25, -0.2) is 9.59 Å². The number of carbonyl (C=O) groups excluding carboxylic acids is 1. The molecular formula is C22H18Cl2N2O6. The fourth-order valence-corrected chi connectivity index (χ4v) is 3.76. The quantitative estimate of drug-likeness (QED) is 0.343. The number of carboxylic acids is 2. The van der Waals surface area contributed by atoms with Crippen LogP contribution in [-0.2, 0) is 0 Å². The van der Waals surface area contributed by atoms with Crippen LogP contribution in [0.1, 0.15) is 51.3 Å². The summed E-state index contributed by atoms with van der Waals surface area (Å²) in [6.07, 6.45) is 0.0125. The number of hydrogen-bond donors (Lipinski definition) is 4. The lowest BCUT2D eigenvalue weighted by Gasteiger charge is -2.16. The Bertz CT molecular complexity index is 1330. The zero-order chi connectivity index (χ0) is 23.7. The number of carboxylic acid groups (broad SMARTS) is 2. The van der Waals surface area contributed by atoms with E-state index in [0.717, 1.165) is 12.1 Å². The van der Waals surface area contributed by atoms with Crippen molar-refractivity contribution in [1.82, 2.24) is 4.98 Å². The molecule has 0 saturated heterocycles. The van der Waals surface area contributed by atoms with Gasteiger partial charge in [0.1, 0.15) is 11.4 Å². The molecule has 1 heterocycles. The summed E-state index contributed by atoms with van der Waals surface area (Å²) in [5.41, 5.74) is -1.87. The van der Waals surface area contributed by atoms with E-state index in [-0.39, 0.29) is 39.8 Å². The number of aromatic nitrogens is 1. The Morgan fingerprint density at radius 1 is 1.03 bits per heavy atom. The van der Waals surface area contributed by atoms with Gasteiger partial charge in [0.15, 0.2) is 5.78 Å². The smallest absolute Gasteiger partial charge is 0.337 e. The van der Waals surface area contributed by atoms with Crippen LogP contribution in [0.25, 0.3) is 10.9 Å². The largest absolute Gasteiger partial charge is 0.478 e. The van der Waals surface area contributed by atoms with Gasteiger partial charge in [-0.15, -0.1) is 0 Å². The van der Waals surface area contributed by atoms with Gasteiger partial charge in [0, 0.05) is 11.4 Å². The minimum absolute atomic E-state index is 0.0125. The molecule has 0 amide bonds. The highest BCUT2D eigenvalue weighted by Crippen LogP contribution is 2.31. The average Bonchev–Trinajstić information content (AvgIpc) is 2.68. The number of rotatable bonds is 7. The monoisotopic (exact) mass is 476 g/mol. The number of fused-ring (bicyclic) bond motifs is 1. The zero-order valence-electron chi connectivity index (χ0n) is 17.0. The molecule has 2 aromatic carbocycles. The third-order valence-electron chi connectivity index (χ3n) is 4.68. The van der Waals surface area contributed by atoms with Gasteiger partial charge in [-0.1, -0.05) is 37.0 Å². The third kappa shape index (κ3) is 4.46. The van der Waals surface area contributed by atoms with Crippen molar-refractivity contribution in [2.45, 2.75) is 20.3 Å². The predicted octanol–water partition coefficient (Wildman–Crippen LogP) is 5.20. The predicted molar refractivity (Wildman–Crippen MR) is 122 cm³/mol. The van der Waals surface area contributed by atoms with E-state index in [0.29, 0.717) is 10.7 Å². The minimum Gasteiger partial charge on any atom is -0.478 e. The number of hydrogen-bond acceptors (Lipinski definition) is 5. The number of aromatic amines is 1. The second-order valence-corrected chi connectivity index (χ2v) is 8.34. The van der Waals surface area contributed by atoms with Crippen molar-refractivity contribution in [2.75, 3.05) is 5.32 Å². The maximum Gasteiger partial charge on any atom is 0.337 e. The fraction of sp³-hybridized carbons (Fsp3) is 0.182. The van der Waals surface area contributed by atoms with Gasteiger partial charge in [0.25, 0.3) is 0 Å². The standard InChI is InChI=1S/C22H18Cl2N2O6/c1-9(2)7-15(27)17-19(28)16-11(21(29)30)4-5-12(22(31)32)18(16)26-20(17)25-14-6-3-10(23)8-13(14)24/h3-6,8-9H,7H2,1-2H3,(H,29,30)(H,31,32)(H2,25,26,28). The highest BCUT2D eigenvalue weighted by molar-refractivity contribution is 6.36. The highest BCUT2D eigenvalue weighted by Gasteiger charge is 2.26. The maximum absolute atomic E-state index is 13.4. The summed E-state index contributed by atoms with van der Waals surface area (Å²) >= 11 is 12.1. The number of H-pyrrole nitrogens is 1. The van der Waals surface area contributed by atoms with E-state index >= 15 is 0 Å². The molecule has 0 unspecified atom stereocenters. The summed E-state index contributed by atoms with van der Waals surface area (Å²) in [5, 5.41) is 22.1. The second-order valence-electron chi connectivity index (χ2n) is 7.50. The SMILES string of the molecule is CC(C)CC(=O)c1c(Nc2ccc(Cl)cc2Cl)[nH]c2c(C(=O)O)ccc(C(=O)O)c2c1=O. The van der Waals surface area contributed by atoms with Crippen molar-refractivity contribution in [3.63, 3.8) is 0 Å². The van der Waals surface area contributed by atoms with E-state index in [1.807, 2.05) is 0 Å². The molecule has 3 aromatic rings. The van der Waals surface area contributed by atoms with Crippen molar-refractivity contribution >= 4 is 63.3 Å². The molecule has 32 heavy (non-hydrogen) atoms. The molecule has 8 nitrogen and oxygen atoms in total. The molecule has 0 saturated carbocycles. The number of anilines is 2. The van der Waals surface area contributed by atoms with Crippen LogP contribution in [0.2, 0.25) is 10.0 Å². The Hall–Kier alpha value is -3.36. The van der Waals surface area contributed by atoms with Crippen LogP contribution < -0.4 is 10.7 Å². The van der Waals surface area contributed by atoms with E-state index in [1.54, 1.807) is 13.8 Å². The van der Waals surface area contributed by atoms with Crippen LogP contribution in [0.3, 0.4) is 0 Å². The summed E-state index contributed by atoms with van der Waals surface area (Å²) in [7, 11) is 0. The zero-order valence-corrected chi connectivity index (χ0v) is 18.5. The molecule has 0 bridgehead atoms. The topological polar surface area (TPSA) is 137 Å². The maximum atomic E-state index is 13.4. The molecule has 0 radical (unpaired) electrons. The van der Waals surface area contributed by atoms with E-state index in [1.165, 1.54) is 18.2 Å². The van der Waals surface area contributed by atoms with Crippen LogP contribution in [0.15, 0.2) is 35.1 Å². The normalized spacial score (nSPS) is 11.0. The van der Waals surface area contributed by atoms with Crippen molar-refractivity contribution < 1.29 is 24.6 Å². The molecule has 0 atom stereocenters. The van der Waals surface area contributed by atoms with Gasteiger partial charge >= 0.3 is 11.9 Å². The van der Waals surface area contributed by atoms with E-state index in [9.17, 15) is 29.4 Å². The lowest BCUT2D eigenvalue weighted by Crippen LogP contribution is -2.23. The van der Waals surface area contributed by atoms with Gasteiger partial charge in [-0.3, -0.25) is 9.59 Å². The van der Waals surface area contributed by atoms with Gasteiger partial charge in [-0.2, -0.15) is 0 Å². The minimum atomic E-state index is -1.43. The lowest BCUT2D eigenvalue weighted by molar-refractivity contribution is 0.0684. The number of nitrogens with one attached hydrogen (secondary N) is 2. The Morgan fingerprint density at radius 3 is 2.22 bits per heavy atom. The summed E-state index contributed by atoms with van der Waals surface area (Å²) in [5.74, 6) is -3.52. The number of pyridine rings is 1. The molecule has 4 N–H and O–H groups in total. The molecule has 0 spiro atoms. The van der Waals surface area contributed by atoms with Crippen LogP contribution in [0, 0.1) is 5.92 Å². The second kappa shape index (κ2) is 9.02. The van der Waals surface area contributed by atoms with E-state index in [2.05, 4.69) is 10.3 Å². The first kappa shape index (κ1) is 23.3. The first-order chi connectivity index (χ1) is 15.0. The number of Topliss-reactive ketones (excluding diaryl/α,β-unsaturated/α-hetero) is 1. The number of carbonyl (C=O) groups is 3. The van der Waals surface area contributed by atoms with Gasteiger partial charge in [0.05, 0.1) is 32.7 Å². The van der Waals surface area contributed by atoms with Crippen LogP contribution in [0.4, 0.5) is 11.5 Å². The first-order valence-corrected chi connectivity index (χ1v) is 10.2. The lowest BCUT2D eigenvalue weighted by atomic mass is 9.96. The highest BCUT2D eigenvalue weighted by atomic mass is 35.5.